The molecule has 0 saturated heterocycles. The predicted molar refractivity (Wildman–Crippen MR) is 64.7 cm³/mol. The molecule has 1 saturated carbocycles. The van der Waals surface area contributed by atoms with Crippen LogP contribution in [0, 0.1) is 5.41 Å². The highest BCUT2D eigenvalue weighted by Crippen LogP contribution is 2.46. The number of aromatic nitrogens is 1. The van der Waals surface area contributed by atoms with E-state index in [1.165, 1.54) is 0 Å². The smallest absolute Gasteiger partial charge is 0.0820 e. The molecule has 0 amide bonds. The summed E-state index contributed by atoms with van der Waals surface area (Å²) in [6, 6.07) is 2.28. The van der Waals surface area contributed by atoms with Gasteiger partial charge < -0.3 is 5.32 Å². The topological polar surface area (TPSA) is 24.9 Å². The number of alkyl halides is 1. The molecule has 1 aromatic heterocycles. The van der Waals surface area contributed by atoms with Gasteiger partial charge in [-0.3, -0.25) is 4.98 Å². The number of pyridine rings is 1. The van der Waals surface area contributed by atoms with Gasteiger partial charge >= 0.3 is 0 Å². The number of halogens is 2. The molecule has 1 aliphatic carbocycles. The first-order valence-corrected chi connectivity index (χ1v) is 5.83. The molecular weight excluding hydrogens is 231 g/mol. The molecule has 1 aromatic rings. The second-order valence-corrected chi connectivity index (χ2v) is 5.51. The van der Waals surface area contributed by atoms with E-state index in [0.717, 1.165) is 12.1 Å². The molecular formula is C11H14Cl2N2. The molecule has 1 aliphatic rings. The number of anilines is 1. The van der Waals surface area contributed by atoms with Gasteiger partial charge in [0.25, 0.3) is 0 Å². The Morgan fingerprint density at radius 3 is 2.80 bits per heavy atom. The van der Waals surface area contributed by atoms with E-state index in [2.05, 4.69) is 24.1 Å². The lowest BCUT2D eigenvalue weighted by molar-refractivity contribution is 0.168. The molecule has 0 aromatic carbocycles. The lowest BCUT2D eigenvalue weighted by atomic mass is 9.66. The van der Waals surface area contributed by atoms with Crippen molar-refractivity contribution < 1.29 is 0 Å². The van der Waals surface area contributed by atoms with Crippen LogP contribution in [0.3, 0.4) is 0 Å². The molecule has 0 aliphatic heterocycles. The fourth-order valence-corrected chi connectivity index (χ4v) is 2.30. The Balaban J connectivity index is 2.08. The van der Waals surface area contributed by atoms with Crippen molar-refractivity contribution in [3.8, 4) is 0 Å². The molecule has 1 fully saturated rings. The van der Waals surface area contributed by atoms with E-state index in [-0.39, 0.29) is 10.8 Å². The number of hydrogen-bond acceptors (Lipinski definition) is 2. The van der Waals surface area contributed by atoms with Crippen LogP contribution < -0.4 is 5.32 Å². The fourth-order valence-electron chi connectivity index (χ4n) is 1.80. The number of nitrogens with zero attached hydrogens (tertiary/aromatic N) is 1. The minimum Gasteiger partial charge on any atom is -0.380 e. The summed E-state index contributed by atoms with van der Waals surface area (Å²) >= 11 is 12.2. The molecule has 2 nitrogen and oxygen atoms in total. The average molecular weight is 245 g/mol. The van der Waals surface area contributed by atoms with Gasteiger partial charge in [-0.2, -0.15) is 0 Å². The van der Waals surface area contributed by atoms with Gasteiger partial charge in [-0.1, -0.05) is 25.4 Å². The maximum absolute atomic E-state index is 6.16. The van der Waals surface area contributed by atoms with E-state index < -0.39 is 0 Å². The third-order valence-electron chi connectivity index (χ3n) is 3.25. The van der Waals surface area contributed by atoms with Crippen LogP contribution in [-0.4, -0.2) is 16.4 Å². The van der Waals surface area contributed by atoms with Crippen molar-refractivity contribution in [1.29, 1.82) is 0 Å². The van der Waals surface area contributed by atoms with Crippen LogP contribution in [0.15, 0.2) is 18.5 Å². The second kappa shape index (κ2) is 3.84. The van der Waals surface area contributed by atoms with Crippen LogP contribution in [-0.2, 0) is 0 Å². The van der Waals surface area contributed by atoms with Crippen molar-refractivity contribution in [2.45, 2.75) is 31.7 Å². The van der Waals surface area contributed by atoms with Gasteiger partial charge in [0.1, 0.15) is 0 Å². The molecule has 1 heterocycles. The molecule has 2 atom stereocenters. The molecule has 0 spiro atoms. The summed E-state index contributed by atoms with van der Waals surface area (Å²) in [7, 11) is 0. The van der Waals surface area contributed by atoms with Gasteiger partial charge in [-0.25, -0.2) is 0 Å². The van der Waals surface area contributed by atoms with E-state index in [9.17, 15) is 0 Å². The summed E-state index contributed by atoms with van der Waals surface area (Å²) in [5.74, 6) is 0. The minimum absolute atomic E-state index is 0.119. The predicted octanol–water partition coefficient (Wildman–Crippen LogP) is 3.55. The van der Waals surface area contributed by atoms with Crippen molar-refractivity contribution in [2.75, 3.05) is 5.32 Å². The first kappa shape index (κ1) is 11.0. The minimum atomic E-state index is 0.119. The summed E-state index contributed by atoms with van der Waals surface area (Å²) in [6.45, 7) is 4.34. The van der Waals surface area contributed by atoms with Gasteiger partial charge in [0.15, 0.2) is 0 Å². The summed E-state index contributed by atoms with van der Waals surface area (Å²) in [5, 5.41) is 4.32. The molecule has 1 N–H and O–H groups in total. The Morgan fingerprint density at radius 1 is 1.53 bits per heavy atom. The number of nitrogens with one attached hydrogen (secondary N) is 1. The zero-order valence-electron chi connectivity index (χ0n) is 8.80. The highest BCUT2D eigenvalue weighted by Gasteiger charge is 2.47. The first-order valence-electron chi connectivity index (χ1n) is 5.02. The van der Waals surface area contributed by atoms with Crippen molar-refractivity contribution in [2.24, 2.45) is 5.41 Å². The third kappa shape index (κ3) is 1.93. The maximum atomic E-state index is 6.16. The Labute approximate surface area is 100.0 Å². The van der Waals surface area contributed by atoms with Gasteiger partial charge in [0, 0.05) is 29.2 Å². The Morgan fingerprint density at radius 2 is 2.27 bits per heavy atom. The van der Waals surface area contributed by atoms with Crippen LogP contribution in [0.2, 0.25) is 5.02 Å². The van der Waals surface area contributed by atoms with Gasteiger partial charge in [-0.15, -0.1) is 11.6 Å². The van der Waals surface area contributed by atoms with Crippen LogP contribution in [0.25, 0.3) is 0 Å². The van der Waals surface area contributed by atoms with E-state index in [1.807, 2.05) is 6.07 Å². The zero-order chi connectivity index (χ0) is 11.1. The van der Waals surface area contributed by atoms with Gasteiger partial charge in [0.05, 0.1) is 10.7 Å². The normalized spacial score (nSPS) is 28.3. The molecule has 0 radical (unpaired) electrons. The van der Waals surface area contributed by atoms with Gasteiger partial charge in [0.2, 0.25) is 0 Å². The summed E-state index contributed by atoms with van der Waals surface area (Å²) in [5.41, 5.74) is 1.06. The van der Waals surface area contributed by atoms with Crippen molar-refractivity contribution in [1.82, 2.24) is 4.98 Å². The first-order chi connectivity index (χ1) is 7.01. The lowest BCUT2D eigenvalue weighted by Gasteiger charge is -2.49. The second-order valence-electron chi connectivity index (χ2n) is 4.58. The standard InChI is InChI=1S/C11H14Cl2N2/c1-11(2)9(13)5-10(11)15-8-3-4-14-6-7(8)12/h3-4,6,9-10H,5H2,1-2H3,(H,14,15). The highest BCUT2D eigenvalue weighted by atomic mass is 35.5. The molecule has 4 heteroatoms. The van der Waals surface area contributed by atoms with Crippen molar-refractivity contribution in [3.63, 3.8) is 0 Å². The Kier molecular flexibility index (Phi) is 2.82. The molecule has 15 heavy (non-hydrogen) atoms. The van der Waals surface area contributed by atoms with Gasteiger partial charge in [-0.05, 0) is 12.5 Å². The Bertz CT molecular complexity index is 365. The largest absolute Gasteiger partial charge is 0.380 e. The third-order valence-corrected chi connectivity index (χ3v) is 4.29. The number of rotatable bonds is 2. The quantitative estimate of drug-likeness (QED) is 0.806. The molecule has 0 bridgehead atoms. The van der Waals surface area contributed by atoms with Crippen LogP contribution >= 0.6 is 23.2 Å². The highest BCUT2D eigenvalue weighted by molar-refractivity contribution is 6.33. The SMILES string of the molecule is CC1(C)C(Cl)CC1Nc1ccncc1Cl. The maximum Gasteiger partial charge on any atom is 0.0820 e. The lowest BCUT2D eigenvalue weighted by Crippen LogP contribution is -2.54. The monoisotopic (exact) mass is 244 g/mol. The van der Waals surface area contributed by atoms with Crippen LogP contribution in [0.4, 0.5) is 5.69 Å². The molecule has 2 rings (SSSR count). The van der Waals surface area contributed by atoms with Crippen molar-refractivity contribution in [3.05, 3.63) is 23.5 Å². The zero-order valence-corrected chi connectivity index (χ0v) is 10.3. The molecule has 82 valence electrons. The van der Waals surface area contributed by atoms with Crippen LogP contribution in [0.5, 0.6) is 0 Å². The van der Waals surface area contributed by atoms with E-state index in [1.54, 1.807) is 12.4 Å². The fraction of sp³-hybridized carbons (Fsp3) is 0.545. The summed E-state index contributed by atoms with van der Waals surface area (Å²) in [6.07, 6.45) is 4.36. The van der Waals surface area contributed by atoms with Crippen LogP contribution in [0.1, 0.15) is 20.3 Å². The summed E-state index contributed by atoms with van der Waals surface area (Å²) < 4.78 is 0. The van der Waals surface area contributed by atoms with E-state index >= 15 is 0 Å². The van der Waals surface area contributed by atoms with Crippen molar-refractivity contribution >= 4 is 28.9 Å². The van der Waals surface area contributed by atoms with E-state index in [4.69, 9.17) is 23.2 Å². The summed E-state index contributed by atoms with van der Waals surface area (Å²) in [4.78, 5) is 3.95. The number of hydrogen-bond donors (Lipinski definition) is 1. The van der Waals surface area contributed by atoms with E-state index in [0.29, 0.717) is 11.1 Å². The Hall–Kier alpha value is -0.470. The molecule has 2 unspecified atom stereocenters. The average Bonchev–Trinajstić information content (AvgIpc) is 2.20.